The Morgan fingerprint density at radius 3 is 2.40 bits per heavy atom. The second-order valence-electron chi connectivity index (χ2n) is 6.84. The first-order chi connectivity index (χ1) is 11.8. The van der Waals surface area contributed by atoms with Crippen LogP contribution in [0.15, 0.2) is 53.9 Å². The molecule has 0 aliphatic carbocycles. The van der Waals surface area contributed by atoms with Crippen molar-refractivity contribution in [3.63, 3.8) is 0 Å². The molecule has 0 atom stereocenters. The first-order valence-corrected chi connectivity index (χ1v) is 8.88. The van der Waals surface area contributed by atoms with Crippen LogP contribution in [0.2, 0.25) is 0 Å². The number of aromatic nitrogens is 1. The first kappa shape index (κ1) is 17.2. The number of aromatic hydroxyl groups is 1. The molecule has 0 saturated carbocycles. The number of amides is 1. The second-order valence-corrected chi connectivity index (χ2v) is 7.69. The number of para-hydroxylation sites is 1. The Labute approximate surface area is 151 Å². The smallest absolute Gasteiger partial charge is 0.229 e. The van der Waals surface area contributed by atoms with E-state index in [-0.39, 0.29) is 11.7 Å². The maximum absolute atomic E-state index is 12.0. The fourth-order valence-electron chi connectivity index (χ4n) is 2.23. The molecule has 2 N–H and O–H groups in total. The quantitative estimate of drug-likeness (QED) is 0.684. The van der Waals surface area contributed by atoms with Gasteiger partial charge in [0.05, 0.1) is 11.3 Å². The molecular formula is C20H20N2O2S. The fourth-order valence-corrected chi connectivity index (χ4v) is 3.09. The van der Waals surface area contributed by atoms with Gasteiger partial charge in [0.1, 0.15) is 10.8 Å². The highest BCUT2D eigenvalue weighted by molar-refractivity contribution is 7.13. The van der Waals surface area contributed by atoms with Crippen LogP contribution in [0.1, 0.15) is 20.8 Å². The van der Waals surface area contributed by atoms with E-state index in [0.717, 1.165) is 27.5 Å². The number of phenols is 1. The number of nitrogens with one attached hydrogen (secondary N) is 1. The van der Waals surface area contributed by atoms with Gasteiger partial charge >= 0.3 is 0 Å². The zero-order valence-corrected chi connectivity index (χ0v) is 15.2. The molecule has 0 radical (unpaired) electrons. The van der Waals surface area contributed by atoms with Crippen LogP contribution in [0.3, 0.4) is 0 Å². The van der Waals surface area contributed by atoms with Crippen LogP contribution in [0.4, 0.5) is 5.69 Å². The number of thiazole rings is 1. The molecule has 0 fully saturated rings. The molecule has 1 amide bonds. The van der Waals surface area contributed by atoms with Gasteiger partial charge in [-0.25, -0.2) is 4.98 Å². The number of hydrogen-bond donors (Lipinski definition) is 2. The molecule has 1 heterocycles. The minimum atomic E-state index is -0.430. The summed E-state index contributed by atoms with van der Waals surface area (Å²) in [5.74, 6) is 0.208. The molecule has 128 valence electrons. The number of phenolic OH excluding ortho intramolecular Hbond substituents is 1. The highest BCUT2D eigenvalue weighted by Gasteiger charge is 2.21. The average Bonchev–Trinajstić information content (AvgIpc) is 3.05. The molecular weight excluding hydrogens is 332 g/mol. The molecule has 1 aromatic heterocycles. The molecule has 0 saturated heterocycles. The van der Waals surface area contributed by atoms with Crippen LogP contribution in [0.5, 0.6) is 5.75 Å². The van der Waals surface area contributed by atoms with Crippen molar-refractivity contribution in [3.05, 3.63) is 53.9 Å². The van der Waals surface area contributed by atoms with Crippen molar-refractivity contribution >= 4 is 22.9 Å². The van der Waals surface area contributed by atoms with Crippen molar-refractivity contribution in [2.45, 2.75) is 20.8 Å². The minimum Gasteiger partial charge on any atom is -0.507 e. The molecule has 3 rings (SSSR count). The van der Waals surface area contributed by atoms with Gasteiger partial charge in [0.2, 0.25) is 5.91 Å². The van der Waals surface area contributed by atoms with Gasteiger partial charge in [-0.2, -0.15) is 0 Å². The summed E-state index contributed by atoms with van der Waals surface area (Å²) in [6.07, 6.45) is 0. The van der Waals surface area contributed by atoms with E-state index in [9.17, 15) is 9.90 Å². The van der Waals surface area contributed by atoms with Crippen LogP contribution >= 0.6 is 11.3 Å². The van der Waals surface area contributed by atoms with E-state index < -0.39 is 5.41 Å². The summed E-state index contributed by atoms with van der Waals surface area (Å²) in [5.41, 5.74) is 2.87. The third-order valence-electron chi connectivity index (χ3n) is 3.76. The normalized spacial score (nSPS) is 11.3. The summed E-state index contributed by atoms with van der Waals surface area (Å²) in [4.78, 5) is 16.6. The fraction of sp³-hybridized carbons (Fsp3) is 0.200. The average molecular weight is 352 g/mol. The number of carbonyl (C=O) groups excluding carboxylic acids is 1. The highest BCUT2D eigenvalue weighted by atomic mass is 32.1. The number of carbonyl (C=O) groups is 1. The summed E-state index contributed by atoms with van der Waals surface area (Å²) in [6, 6.07) is 14.8. The van der Waals surface area contributed by atoms with Crippen LogP contribution < -0.4 is 5.32 Å². The van der Waals surface area contributed by atoms with Crippen molar-refractivity contribution in [1.82, 2.24) is 4.98 Å². The van der Waals surface area contributed by atoms with Gasteiger partial charge in [0.25, 0.3) is 0 Å². The van der Waals surface area contributed by atoms with Gasteiger partial charge in [-0.1, -0.05) is 45.0 Å². The van der Waals surface area contributed by atoms with Gasteiger partial charge in [-0.05, 0) is 24.3 Å². The Hall–Kier alpha value is -2.66. The number of nitrogens with zero attached hydrogens (tertiary/aromatic N) is 1. The third-order valence-corrected chi connectivity index (χ3v) is 4.63. The Kier molecular flexibility index (Phi) is 4.59. The number of anilines is 1. The first-order valence-electron chi connectivity index (χ1n) is 8.00. The molecule has 4 nitrogen and oxygen atoms in total. The largest absolute Gasteiger partial charge is 0.507 e. The van der Waals surface area contributed by atoms with Gasteiger partial charge in [-0.15, -0.1) is 11.3 Å². The Bertz CT molecular complexity index is 893. The van der Waals surface area contributed by atoms with E-state index in [4.69, 9.17) is 0 Å². The maximum atomic E-state index is 12.0. The lowest BCUT2D eigenvalue weighted by atomic mass is 9.95. The predicted octanol–water partition coefficient (Wildman–Crippen LogP) is 5.17. The van der Waals surface area contributed by atoms with Crippen LogP contribution in [-0.4, -0.2) is 16.0 Å². The lowest BCUT2D eigenvalue weighted by Gasteiger charge is -2.17. The molecule has 25 heavy (non-hydrogen) atoms. The van der Waals surface area contributed by atoms with E-state index in [1.807, 2.05) is 62.5 Å². The van der Waals surface area contributed by atoms with Gasteiger partial charge < -0.3 is 10.4 Å². The van der Waals surface area contributed by atoms with E-state index >= 15 is 0 Å². The topological polar surface area (TPSA) is 62.2 Å². The summed E-state index contributed by atoms with van der Waals surface area (Å²) in [6.45, 7) is 5.64. The third kappa shape index (κ3) is 3.88. The summed E-state index contributed by atoms with van der Waals surface area (Å²) in [7, 11) is 0. The molecule has 2 aromatic carbocycles. The monoisotopic (exact) mass is 352 g/mol. The molecule has 0 bridgehead atoms. The Morgan fingerprint density at radius 2 is 1.76 bits per heavy atom. The lowest BCUT2D eigenvalue weighted by molar-refractivity contribution is -0.123. The van der Waals surface area contributed by atoms with Gasteiger partial charge in [0, 0.05) is 22.0 Å². The second kappa shape index (κ2) is 6.69. The van der Waals surface area contributed by atoms with E-state index in [2.05, 4.69) is 10.3 Å². The lowest BCUT2D eigenvalue weighted by Crippen LogP contribution is -2.27. The standard InChI is InChI=1S/C20H20N2O2S/c1-20(2,3)19(24)21-14-10-8-13(9-11-14)16-12-25-18(22-16)15-6-4-5-7-17(15)23/h4-12,23H,1-3H3,(H,21,24). The SMILES string of the molecule is CC(C)(C)C(=O)Nc1ccc(-c2csc(-c3ccccc3O)n2)cc1. The van der Waals surface area contributed by atoms with Crippen molar-refractivity contribution in [2.24, 2.45) is 5.41 Å². The van der Waals surface area contributed by atoms with E-state index in [0.29, 0.717) is 0 Å². The Morgan fingerprint density at radius 1 is 1.08 bits per heavy atom. The van der Waals surface area contributed by atoms with Crippen LogP contribution in [-0.2, 0) is 4.79 Å². The minimum absolute atomic E-state index is 0.0178. The van der Waals surface area contributed by atoms with Crippen LogP contribution in [0, 0.1) is 5.41 Å². The van der Waals surface area contributed by atoms with Crippen LogP contribution in [0.25, 0.3) is 21.8 Å². The van der Waals surface area contributed by atoms with Crippen molar-refractivity contribution in [3.8, 4) is 27.6 Å². The number of benzene rings is 2. The molecule has 3 aromatic rings. The molecule has 0 aliphatic heterocycles. The predicted molar refractivity (Wildman–Crippen MR) is 103 cm³/mol. The van der Waals surface area contributed by atoms with Crippen molar-refractivity contribution in [2.75, 3.05) is 5.32 Å². The van der Waals surface area contributed by atoms with E-state index in [1.54, 1.807) is 12.1 Å². The maximum Gasteiger partial charge on any atom is 0.229 e. The molecule has 0 aliphatic rings. The zero-order valence-electron chi connectivity index (χ0n) is 14.4. The molecule has 5 heteroatoms. The summed E-state index contributed by atoms with van der Waals surface area (Å²) < 4.78 is 0. The molecule has 0 spiro atoms. The zero-order chi connectivity index (χ0) is 18.0. The number of hydrogen-bond acceptors (Lipinski definition) is 4. The van der Waals surface area contributed by atoms with Crippen molar-refractivity contribution in [1.29, 1.82) is 0 Å². The van der Waals surface area contributed by atoms with Gasteiger partial charge in [0.15, 0.2) is 0 Å². The summed E-state index contributed by atoms with van der Waals surface area (Å²) >= 11 is 1.49. The van der Waals surface area contributed by atoms with Crippen molar-refractivity contribution < 1.29 is 9.90 Å². The highest BCUT2D eigenvalue weighted by Crippen LogP contribution is 2.34. The summed E-state index contributed by atoms with van der Waals surface area (Å²) in [5, 5.41) is 15.6. The number of rotatable bonds is 3. The Balaban J connectivity index is 1.80. The molecule has 0 unspecified atom stereocenters. The van der Waals surface area contributed by atoms with E-state index in [1.165, 1.54) is 11.3 Å². The van der Waals surface area contributed by atoms with Gasteiger partial charge in [-0.3, -0.25) is 4.79 Å².